The Kier molecular flexibility index (Phi) is 8.02. The number of fused-ring (bicyclic) bond motifs is 1. The first kappa shape index (κ1) is 26.9. The van der Waals surface area contributed by atoms with Gasteiger partial charge in [-0.15, -0.1) is 0 Å². The van der Waals surface area contributed by atoms with Crippen LogP contribution in [-0.2, 0) is 9.59 Å². The van der Waals surface area contributed by atoms with Gasteiger partial charge in [-0.2, -0.15) is 0 Å². The molecule has 208 valence electrons. The molecule has 3 amide bonds. The van der Waals surface area contributed by atoms with Crippen LogP contribution in [0.3, 0.4) is 0 Å². The first-order chi connectivity index (χ1) is 18.8. The zero-order chi connectivity index (χ0) is 27.5. The third-order valence-electron chi connectivity index (χ3n) is 8.22. The van der Waals surface area contributed by atoms with Crippen molar-refractivity contribution in [2.75, 3.05) is 57.8 Å². The van der Waals surface area contributed by atoms with E-state index in [-0.39, 0.29) is 42.0 Å². The third kappa shape index (κ3) is 5.85. The Morgan fingerprint density at radius 1 is 1.00 bits per heavy atom. The molecule has 10 heteroatoms. The third-order valence-corrected chi connectivity index (χ3v) is 8.22. The van der Waals surface area contributed by atoms with Crippen molar-refractivity contribution in [2.24, 2.45) is 5.92 Å². The molecule has 1 aromatic heterocycles. The molecule has 0 saturated carbocycles. The zero-order valence-electron chi connectivity index (χ0n) is 22.7. The van der Waals surface area contributed by atoms with Crippen molar-refractivity contribution in [3.8, 4) is 0 Å². The van der Waals surface area contributed by atoms with E-state index in [9.17, 15) is 19.2 Å². The number of nitrogens with one attached hydrogen (secondary N) is 1. The van der Waals surface area contributed by atoms with Crippen molar-refractivity contribution in [3.05, 3.63) is 54.0 Å². The lowest BCUT2D eigenvalue weighted by Crippen LogP contribution is -2.44. The molecule has 2 aromatic rings. The Labute approximate surface area is 228 Å². The number of anilines is 1. The molecule has 0 radical (unpaired) electrons. The number of Topliss-reactive ketones (excluding diaryl/α,β-unsaturated/α-hetero) is 1. The minimum Gasteiger partial charge on any atom is -0.472 e. The van der Waals surface area contributed by atoms with Crippen molar-refractivity contribution >= 4 is 29.2 Å². The summed E-state index contributed by atoms with van der Waals surface area (Å²) in [5, 5.41) is 2.96. The summed E-state index contributed by atoms with van der Waals surface area (Å²) in [6.07, 6.45) is 4.34. The number of piperazine rings is 1. The predicted octanol–water partition coefficient (Wildman–Crippen LogP) is 1.87. The fourth-order valence-electron chi connectivity index (χ4n) is 5.86. The Bertz CT molecular complexity index is 1190. The molecule has 5 rings (SSSR count). The summed E-state index contributed by atoms with van der Waals surface area (Å²) in [5.74, 6) is -0.499. The van der Waals surface area contributed by atoms with Crippen LogP contribution < -0.4 is 10.2 Å². The van der Waals surface area contributed by atoms with Gasteiger partial charge in [0.15, 0.2) is 5.78 Å². The van der Waals surface area contributed by atoms with Gasteiger partial charge >= 0.3 is 0 Å². The van der Waals surface area contributed by atoms with E-state index in [0.717, 1.165) is 31.9 Å². The summed E-state index contributed by atoms with van der Waals surface area (Å²) in [6, 6.07) is 8.44. The molecule has 10 nitrogen and oxygen atoms in total. The standard InChI is InChI=1S/C29H37N5O5/c1-20(7-10-30-28(37)21-3-5-23(6-4-21)32-14-12-31(2)13-15-32)17-26(36)33-11-8-24-27(33)25(35)18-34(24)29(38)22-9-16-39-19-22/h3-6,9,16,19-20,24,27H,7-8,10-15,17-18H2,1-2H3,(H,30,37). The number of carbonyl (C=O) groups is 4. The molecule has 3 fully saturated rings. The summed E-state index contributed by atoms with van der Waals surface area (Å²) in [5.41, 5.74) is 2.16. The van der Waals surface area contributed by atoms with E-state index < -0.39 is 6.04 Å². The monoisotopic (exact) mass is 535 g/mol. The average molecular weight is 536 g/mol. The van der Waals surface area contributed by atoms with E-state index in [0.29, 0.717) is 43.5 Å². The summed E-state index contributed by atoms with van der Waals surface area (Å²) in [7, 11) is 2.13. The largest absolute Gasteiger partial charge is 0.472 e. The molecule has 3 atom stereocenters. The van der Waals surface area contributed by atoms with E-state index in [4.69, 9.17) is 4.42 Å². The molecule has 3 unspecified atom stereocenters. The summed E-state index contributed by atoms with van der Waals surface area (Å²) >= 11 is 0. The van der Waals surface area contributed by atoms with E-state index in [1.54, 1.807) is 15.9 Å². The lowest BCUT2D eigenvalue weighted by Gasteiger charge is -2.34. The van der Waals surface area contributed by atoms with Crippen LogP contribution in [0.25, 0.3) is 0 Å². The van der Waals surface area contributed by atoms with E-state index >= 15 is 0 Å². The minimum atomic E-state index is -0.575. The maximum absolute atomic E-state index is 13.1. The number of furan rings is 1. The van der Waals surface area contributed by atoms with Gasteiger partial charge in [-0.05, 0) is 56.1 Å². The molecular weight excluding hydrogens is 498 g/mol. The van der Waals surface area contributed by atoms with Gasteiger partial charge < -0.3 is 29.3 Å². The van der Waals surface area contributed by atoms with Gasteiger partial charge in [0.25, 0.3) is 11.8 Å². The van der Waals surface area contributed by atoms with E-state index in [1.807, 2.05) is 31.2 Å². The van der Waals surface area contributed by atoms with Crippen LogP contribution in [0.1, 0.15) is 46.9 Å². The number of likely N-dealkylation sites (tertiary alicyclic amines) is 2. The lowest BCUT2D eigenvalue weighted by atomic mass is 10.0. The normalized spacial score (nSPS) is 22.2. The average Bonchev–Trinajstić information content (AvgIpc) is 3.68. The van der Waals surface area contributed by atoms with Gasteiger partial charge in [0.1, 0.15) is 12.3 Å². The van der Waals surface area contributed by atoms with Crippen LogP contribution in [0, 0.1) is 5.92 Å². The maximum Gasteiger partial charge on any atom is 0.257 e. The zero-order valence-corrected chi connectivity index (χ0v) is 22.7. The Balaban J connectivity index is 1.07. The molecule has 3 aliphatic heterocycles. The highest BCUT2D eigenvalue weighted by atomic mass is 16.3. The van der Waals surface area contributed by atoms with Crippen molar-refractivity contribution in [2.45, 2.75) is 38.3 Å². The topological polar surface area (TPSA) is 106 Å². The van der Waals surface area contributed by atoms with Crippen molar-refractivity contribution in [3.63, 3.8) is 0 Å². The van der Waals surface area contributed by atoms with Gasteiger partial charge in [-0.3, -0.25) is 19.2 Å². The second kappa shape index (κ2) is 11.6. The maximum atomic E-state index is 13.1. The van der Waals surface area contributed by atoms with Gasteiger partial charge in [-0.1, -0.05) is 6.92 Å². The fourth-order valence-corrected chi connectivity index (χ4v) is 5.86. The SMILES string of the molecule is CC(CCNC(=O)c1ccc(N2CCN(C)CC2)cc1)CC(=O)N1CCC2C1C(=O)CN2C(=O)c1ccoc1. The van der Waals surface area contributed by atoms with Gasteiger partial charge in [0.2, 0.25) is 5.91 Å². The van der Waals surface area contributed by atoms with Crippen LogP contribution in [0.15, 0.2) is 47.3 Å². The van der Waals surface area contributed by atoms with Gasteiger partial charge in [0, 0.05) is 56.9 Å². The fraction of sp³-hybridized carbons (Fsp3) is 0.517. The molecule has 0 bridgehead atoms. The first-order valence-electron chi connectivity index (χ1n) is 13.8. The van der Waals surface area contributed by atoms with E-state index in [1.165, 1.54) is 12.5 Å². The number of amides is 3. The quantitative estimate of drug-likeness (QED) is 0.550. The smallest absolute Gasteiger partial charge is 0.257 e. The molecule has 3 saturated heterocycles. The summed E-state index contributed by atoms with van der Waals surface area (Å²) < 4.78 is 5.01. The highest BCUT2D eigenvalue weighted by Crippen LogP contribution is 2.32. The van der Waals surface area contributed by atoms with Crippen LogP contribution in [0.5, 0.6) is 0 Å². The molecule has 1 N–H and O–H groups in total. The van der Waals surface area contributed by atoms with Crippen LogP contribution >= 0.6 is 0 Å². The van der Waals surface area contributed by atoms with E-state index in [2.05, 4.69) is 22.2 Å². The number of ketones is 1. The highest BCUT2D eigenvalue weighted by molar-refractivity contribution is 6.02. The number of carbonyl (C=O) groups excluding carboxylic acids is 4. The van der Waals surface area contributed by atoms with Crippen molar-refractivity contribution in [1.82, 2.24) is 20.0 Å². The minimum absolute atomic E-state index is 0.0149. The van der Waals surface area contributed by atoms with Crippen molar-refractivity contribution < 1.29 is 23.6 Å². The van der Waals surface area contributed by atoms with Crippen LogP contribution in [-0.4, -0.2) is 103 Å². The molecular formula is C29H37N5O5. The molecule has 0 aliphatic carbocycles. The number of rotatable bonds is 8. The second-order valence-corrected chi connectivity index (χ2v) is 11.0. The Morgan fingerprint density at radius 2 is 1.74 bits per heavy atom. The highest BCUT2D eigenvalue weighted by Gasteiger charge is 2.51. The van der Waals surface area contributed by atoms with Crippen LogP contribution in [0.4, 0.5) is 5.69 Å². The number of hydrogen-bond donors (Lipinski definition) is 1. The number of hydrogen-bond acceptors (Lipinski definition) is 7. The second-order valence-electron chi connectivity index (χ2n) is 11.0. The molecule has 39 heavy (non-hydrogen) atoms. The molecule has 3 aliphatic rings. The Morgan fingerprint density at radius 3 is 2.44 bits per heavy atom. The van der Waals surface area contributed by atoms with Crippen LogP contribution in [0.2, 0.25) is 0 Å². The van der Waals surface area contributed by atoms with Gasteiger partial charge in [0.05, 0.1) is 24.4 Å². The number of nitrogens with zero attached hydrogens (tertiary/aromatic N) is 4. The summed E-state index contributed by atoms with van der Waals surface area (Å²) in [6.45, 7) is 6.94. The number of likely N-dealkylation sites (N-methyl/N-ethyl adjacent to an activating group) is 1. The Hall–Kier alpha value is -3.66. The molecule has 0 spiro atoms. The first-order valence-corrected chi connectivity index (χ1v) is 13.8. The number of benzene rings is 1. The lowest BCUT2D eigenvalue weighted by molar-refractivity contribution is -0.137. The molecule has 1 aromatic carbocycles. The van der Waals surface area contributed by atoms with Crippen molar-refractivity contribution in [1.29, 1.82) is 0 Å². The predicted molar refractivity (Wildman–Crippen MR) is 146 cm³/mol. The molecule has 4 heterocycles. The summed E-state index contributed by atoms with van der Waals surface area (Å²) in [4.78, 5) is 59.2. The van der Waals surface area contributed by atoms with Gasteiger partial charge in [-0.25, -0.2) is 0 Å².